The summed E-state index contributed by atoms with van der Waals surface area (Å²) in [4.78, 5) is 2.32. The lowest BCUT2D eigenvalue weighted by Crippen LogP contribution is -2.39. The normalized spacial score (nSPS) is 24.9. The molecular formula is C16H22N2O. The molecule has 0 saturated carbocycles. The van der Waals surface area contributed by atoms with E-state index in [1.54, 1.807) is 13.0 Å². The highest BCUT2D eigenvalue weighted by Crippen LogP contribution is 2.32. The predicted molar refractivity (Wildman–Crippen MR) is 76.9 cm³/mol. The van der Waals surface area contributed by atoms with Gasteiger partial charge in [0.25, 0.3) is 0 Å². The zero-order valence-electron chi connectivity index (χ0n) is 11.9. The van der Waals surface area contributed by atoms with Crippen LogP contribution in [0.4, 0.5) is 5.69 Å². The molecule has 1 aliphatic heterocycles. The van der Waals surface area contributed by atoms with Crippen LogP contribution in [0.3, 0.4) is 0 Å². The van der Waals surface area contributed by atoms with Crippen LogP contribution in [0.25, 0.3) is 0 Å². The minimum Gasteiger partial charge on any atom is -0.389 e. The summed E-state index contributed by atoms with van der Waals surface area (Å²) < 4.78 is 0. The van der Waals surface area contributed by atoms with Crippen molar-refractivity contribution in [1.82, 2.24) is 0 Å². The van der Waals surface area contributed by atoms with Crippen LogP contribution in [0.2, 0.25) is 0 Å². The number of benzene rings is 1. The molecule has 1 fully saturated rings. The first-order chi connectivity index (χ1) is 9.01. The molecule has 3 unspecified atom stereocenters. The molecular weight excluding hydrogens is 236 g/mol. The highest BCUT2D eigenvalue weighted by Gasteiger charge is 2.24. The third-order valence-corrected chi connectivity index (χ3v) is 3.82. The van der Waals surface area contributed by atoms with Gasteiger partial charge in [-0.25, -0.2) is 0 Å². The van der Waals surface area contributed by atoms with Crippen molar-refractivity contribution >= 4 is 5.69 Å². The van der Waals surface area contributed by atoms with Gasteiger partial charge in [0.15, 0.2) is 0 Å². The Morgan fingerprint density at radius 2 is 1.95 bits per heavy atom. The summed E-state index contributed by atoms with van der Waals surface area (Å²) in [6.07, 6.45) is 0.744. The van der Waals surface area contributed by atoms with Gasteiger partial charge < -0.3 is 10.0 Å². The smallest absolute Gasteiger partial charge is 0.0992 e. The zero-order valence-corrected chi connectivity index (χ0v) is 11.9. The topological polar surface area (TPSA) is 47.3 Å². The van der Waals surface area contributed by atoms with Gasteiger partial charge in [0.05, 0.1) is 17.7 Å². The molecule has 0 spiro atoms. The highest BCUT2D eigenvalue weighted by molar-refractivity contribution is 5.58. The second-order valence-corrected chi connectivity index (χ2v) is 5.91. The first-order valence-electron chi connectivity index (χ1n) is 6.98. The number of piperidine rings is 1. The van der Waals surface area contributed by atoms with E-state index in [9.17, 15) is 5.11 Å². The van der Waals surface area contributed by atoms with Crippen LogP contribution in [0.15, 0.2) is 18.2 Å². The molecule has 1 aromatic rings. The van der Waals surface area contributed by atoms with E-state index in [2.05, 4.69) is 24.8 Å². The summed E-state index contributed by atoms with van der Waals surface area (Å²) in [5, 5.41) is 19.0. The first-order valence-corrected chi connectivity index (χ1v) is 6.98. The number of nitrogens with zero attached hydrogens (tertiary/aromatic N) is 2. The van der Waals surface area contributed by atoms with E-state index in [0.29, 0.717) is 17.4 Å². The fraction of sp³-hybridized carbons (Fsp3) is 0.562. The van der Waals surface area contributed by atoms with E-state index in [4.69, 9.17) is 5.26 Å². The van der Waals surface area contributed by atoms with E-state index in [1.807, 2.05) is 12.1 Å². The van der Waals surface area contributed by atoms with Gasteiger partial charge in [0.2, 0.25) is 0 Å². The fourth-order valence-electron chi connectivity index (χ4n) is 3.10. The number of aliphatic hydroxyl groups is 1. The van der Waals surface area contributed by atoms with Crippen LogP contribution in [0.1, 0.15) is 44.4 Å². The van der Waals surface area contributed by atoms with Crippen LogP contribution in [0, 0.1) is 23.2 Å². The number of rotatable bonds is 2. The SMILES string of the molecule is CC1CC(C)CN(c2cc(C#N)ccc2C(C)O)C1. The van der Waals surface area contributed by atoms with E-state index >= 15 is 0 Å². The van der Waals surface area contributed by atoms with Crippen molar-refractivity contribution in [2.75, 3.05) is 18.0 Å². The van der Waals surface area contributed by atoms with Gasteiger partial charge >= 0.3 is 0 Å². The molecule has 3 atom stereocenters. The highest BCUT2D eigenvalue weighted by atomic mass is 16.3. The Bertz CT molecular complexity index is 480. The molecule has 3 nitrogen and oxygen atoms in total. The summed E-state index contributed by atoms with van der Waals surface area (Å²) >= 11 is 0. The molecule has 102 valence electrons. The number of anilines is 1. The number of hydrogen-bond donors (Lipinski definition) is 1. The van der Waals surface area contributed by atoms with E-state index in [-0.39, 0.29) is 0 Å². The van der Waals surface area contributed by atoms with Gasteiger partial charge in [-0.05, 0) is 37.3 Å². The Balaban J connectivity index is 2.38. The molecule has 1 heterocycles. The Kier molecular flexibility index (Phi) is 4.11. The van der Waals surface area contributed by atoms with E-state index in [1.165, 1.54) is 6.42 Å². The van der Waals surface area contributed by atoms with Crippen molar-refractivity contribution < 1.29 is 5.11 Å². The van der Waals surface area contributed by atoms with Gasteiger partial charge in [-0.2, -0.15) is 5.26 Å². The lowest BCUT2D eigenvalue weighted by molar-refractivity contribution is 0.199. The Morgan fingerprint density at radius 3 is 2.47 bits per heavy atom. The van der Waals surface area contributed by atoms with Gasteiger partial charge in [0.1, 0.15) is 0 Å². The first kappa shape index (κ1) is 13.9. The third kappa shape index (κ3) is 3.08. The molecule has 2 rings (SSSR count). The Morgan fingerprint density at radius 1 is 1.32 bits per heavy atom. The largest absolute Gasteiger partial charge is 0.389 e. The van der Waals surface area contributed by atoms with E-state index < -0.39 is 6.10 Å². The van der Waals surface area contributed by atoms with Gasteiger partial charge in [0, 0.05) is 24.3 Å². The van der Waals surface area contributed by atoms with Crippen molar-refractivity contribution in [3.63, 3.8) is 0 Å². The molecule has 0 aliphatic carbocycles. The van der Waals surface area contributed by atoms with Crippen LogP contribution in [-0.2, 0) is 0 Å². The molecule has 3 heteroatoms. The Labute approximate surface area is 115 Å². The lowest BCUT2D eigenvalue weighted by atomic mass is 9.90. The van der Waals surface area contributed by atoms with Crippen molar-refractivity contribution in [2.45, 2.75) is 33.3 Å². The van der Waals surface area contributed by atoms with Crippen molar-refractivity contribution in [2.24, 2.45) is 11.8 Å². The maximum absolute atomic E-state index is 9.92. The molecule has 1 aromatic carbocycles. The molecule has 0 amide bonds. The maximum atomic E-state index is 9.92. The van der Waals surface area contributed by atoms with Crippen LogP contribution in [-0.4, -0.2) is 18.2 Å². The zero-order chi connectivity index (χ0) is 14.0. The molecule has 1 aliphatic rings. The maximum Gasteiger partial charge on any atom is 0.0992 e. The number of nitriles is 1. The van der Waals surface area contributed by atoms with Gasteiger partial charge in [-0.15, -0.1) is 0 Å². The van der Waals surface area contributed by atoms with Crippen LogP contribution in [0.5, 0.6) is 0 Å². The molecule has 0 aromatic heterocycles. The second kappa shape index (κ2) is 5.63. The molecule has 19 heavy (non-hydrogen) atoms. The standard InChI is InChI=1S/C16H22N2O/c1-11-6-12(2)10-18(9-11)16-7-14(8-17)4-5-15(16)13(3)19/h4-5,7,11-13,19H,6,9-10H2,1-3H3. The minimum atomic E-state index is -0.504. The summed E-state index contributed by atoms with van der Waals surface area (Å²) in [7, 11) is 0. The third-order valence-electron chi connectivity index (χ3n) is 3.82. The lowest BCUT2D eigenvalue weighted by Gasteiger charge is -2.38. The quantitative estimate of drug-likeness (QED) is 0.886. The van der Waals surface area contributed by atoms with Gasteiger partial charge in [-0.3, -0.25) is 0 Å². The molecule has 0 bridgehead atoms. The summed E-state index contributed by atoms with van der Waals surface area (Å²) in [6, 6.07) is 7.75. The van der Waals surface area contributed by atoms with Crippen molar-refractivity contribution in [3.05, 3.63) is 29.3 Å². The summed E-state index contributed by atoms with van der Waals surface area (Å²) in [5.74, 6) is 1.30. The van der Waals surface area contributed by atoms with Crippen molar-refractivity contribution in [3.8, 4) is 6.07 Å². The van der Waals surface area contributed by atoms with Crippen LogP contribution < -0.4 is 4.90 Å². The number of aliphatic hydroxyl groups excluding tert-OH is 1. The average molecular weight is 258 g/mol. The Hall–Kier alpha value is -1.53. The summed E-state index contributed by atoms with van der Waals surface area (Å²) in [6.45, 7) is 8.30. The van der Waals surface area contributed by atoms with Crippen LogP contribution >= 0.6 is 0 Å². The molecule has 1 saturated heterocycles. The second-order valence-electron chi connectivity index (χ2n) is 5.91. The predicted octanol–water partition coefficient (Wildman–Crippen LogP) is 3.09. The monoisotopic (exact) mass is 258 g/mol. The number of hydrogen-bond acceptors (Lipinski definition) is 3. The molecule has 1 N–H and O–H groups in total. The van der Waals surface area contributed by atoms with Gasteiger partial charge in [-0.1, -0.05) is 19.9 Å². The average Bonchev–Trinajstić information content (AvgIpc) is 2.36. The summed E-state index contributed by atoms with van der Waals surface area (Å²) in [5.41, 5.74) is 2.60. The van der Waals surface area contributed by atoms with Crippen molar-refractivity contribution in [1.29, 1.82) is 5.26 Å². The fourth-order valence-corrected chi connectivity index (χ4v) is 3.10. The molecule has 0 radical (unpaired) electrons. The van der Waals surface area contributed by atoms with E-state index in [0.717, 1.165) is 24.3 Å². The minimum absolute atomic E-state index is 0.504.